The zero-order valence-corrected chi connectivity index (χ0v) is 17.2. The highest BCUT2D eigenvalue weighted by atomic mass is 19.1. The summed E-state index contributed by atoms with van der Waals surface area (Å²) in [6.07, 6.45) is 0.769. The van der Waals surface area contributed by atoms with Gasteiger partial charge >= 0.3 is 0 Å². The van der Waals surface area contributed by atoms with Crippen molar-refractivity contribution in [3.63, 3.8) is 0 Å². The Morgan fingerprint density at radius 1 is 0.933 bits per heavy atom. The molecule has 2 heterocycles. The molecule has 6 heteroatoms. The van der Waals surface area contributed by atoms with E-state index in [-0.39, 0.29) is 12.5 Å². The molecule has 0 atom stereocenters. The second-order valence-corrected chi connectivity index (χ2v) is 7.33. The maximum Gasteiger partial charge on any atom is 0.250 e. The molecule has 0 amide bonds. The van der Waals surface area contributed by atoms with Crippen molar-refractivity contribution in [2.24, 2.45) is 0 Å². The van der Waals surface area contributed by atoms with E-state index < -0.39 is 5.82 Å². The highest BCUT2D eigenvalue weighted by Gasteiger charge is 2.21. The summed E-state index contributed by atoms with van der Waals surface area (Å²) in [7, 11) is 3.28. The van der Waals surface area contributed by atoms with E-state index in [0.29, 0.717) is 6.54 Å². The van der Waals surface area contributed by atoms with Gasteiger partial charge in [-0.2, -0.15) is 0 Å². The number of nitrogens with zero attached hydrogens (tertiary/aromatic N) is 2. The number of methoxy groups -OCH3 is 2. The SMILES string of the molecule is COc1ccc(COc2nc3c(cc2F)CN(Cc2ccc(OC)cc2)CC3)cc1. The van der Waals surface area contributed by atoms with Crippen molar-refractivity contribution in [3.8, 4) is 17.4 Å². The number of ether oxygens (including phenoxy) is 3. The van der Waals surface area contributed by atoms with E-state index in [0.717, 1.165) is 47.8 Å². The standard InChI is InChI=1S/C24H25FN2O3/c1-28-20-7-3-17(4-8-20)14-27-12-11-23-19(15-27)13-22(25)24(26-23)30-16-18-5-9-21(29-2)10-6-18/h3-10,13H,11-12,14-16H2,1-2H3. The van der Waals surface area contributed by atoms with Crippen LogP contribution in [0.3, 0.4) is 0 Å². The highest BCUT2D eigenvalue weighted by molar-refractivity contribution is 5.31. The molecule has 0 bridgehead atoms. The number of hydrogen-bond acceptors (Lipinski definition) is 5. The Morgan fingerprint density at radius 2 is 1.57 bits per heavy atom. The Morgan fingerprint density at radius 3 is 2.20 bits per heavy atom. The van der Waals surface area contributed by atoms with Crippen LogP contribution in [0.15, 0.2) is 54.6 Å². The average molecular weight is 408 g/mol. The smallest absolute Gasteiger partial charge is 0.250 e. The number of halogens is 1. The minimum absolute atomic E-state index is 0.0631. The van der Waals surface area contributed by atoms with Gasteiger partial charge in [0.15, 0.2) is 5.82 Å². The Kier molecular flexibility index (Phi) is 6.14. The molecular weight excluding hydrogens is 383 g/mol. The predicted molar refractivity (Wildman–Crippen MR) is 112 cm³/mol. The molecule has 0 saturated heterocycles. The Labute approximate surface area is 176 Å². The Balaban J connectivity index is 1.39. The first-order valence-electron chi connectivity index (χ1n) is 9.94. The molecule has 0 aliphatic carbocycles. The number of pyridine rings is 1. The molecule has 1 aromatic heterocycles. The lowest BCUT2D eigenvalue weighted by Crippen LogP contribution is -2.31. The summed E-state index contributed by atoms with van der Waals surface area (Å²) in [5, 5.41) is 0. The molecule has 4 rings (SSSR count). The fourth-order valence-electron chi connectivity index (χ4n) is 3.58. The molecule has 0 N–H and O–H groups in total. The predicted octanol–water partition coefficient (Wildman–Crippen LogP) is 4.38. The minimum atomic E-state index is -0.423. The Hall–Kier alpha value is -3.12. The lowest BCUT2D eigenvalue weighted by molar-refractivity contribution is 0.236. The molecule has 0 saturated carbocycles. The molecule has 0 fully saturated rings. The topological polar surface area (TPSA) is 43.8 Å². The van der Waals surface area contributed by atoms with E-state index >= 15 is 0 Å². The van der Waals surface area contributed by atoms with Crippen molar-refractivity contribution >= 4 is 0 Å². The number of rotatable bonds is 7. The number of benzene rings is 2. The monoisotopic (exact) mass is 408 g/mol. The van der Waals surface area contributed by atoms with E-state index in [2.05, 4.69) is 22.0 Å². The van der Waals surface area contributed by atoms with E-state index in [1.54, 1.807) is 20.3 Å². The molecule has 3 aromatic rings. The fraction of sp³-hybridized carbons (Fsp3) is 0.292. The van der Waals surface area contributed by atoms with Crippen LogP contribution < -0.4 is 14.2 Å². The normalized spacial score (nSPS) is 13.6. The van der Waals surface area contributed by atoms with Gasteiger partial charge in [-0.25, -0.2) is 9.37 Å². The first-order valence-corrected chi connectivity index (χ1v) is 9.94. The molecule has 0 radical (unpaired) electrons. The van der Waals surface area contributed by atoms with Gasteiger partial charge in [0.25, 0.3) is 5.88 Å². The number of hydrogen-bond donors (Lipinski definition) is 0. The third kappa shape index (κ3) is 4.71. The second-order valence-electron chi connectivity index (χ2n) is 7.33. The molecule has 1 aliphatic rings. The van der Waals surface area contributed by atoms with Crippen LogP contribution in [0, 0.1) is 5.82 Å². The highest BCUT2D eigenvalue weighted by Crippen LogP contribution is 2.25. The van der Waals surface area contributed by atoms with Crippen molar-refractivity contribution in [1.29, 1.82) is 0 Å². The first kappa shape index (κ1) is 20.2. The van der Waals surface area contributed by atoms with Crippen LogP contribution in [-0.4, -0.2) is 30.6 Å². The average Bonchev–Trinajstić information content (AvgIpc) is 2.78. The Bertz CT molecular complexity index is 991. The van der Waals surface area contributed by atoms with Gasteiger partial charge in [-0.15, -0.1) is 0 Å². The fourth-order valence-corrected chi connectivity index (χ4v) is 3.58. The maximum atomic E-state index is 14.6. The van der Waals surface area contributed by atoms with Crippen LogP contribution in [0.1, 0.15) is 22.4 Å². The molecule has 30 heavy (non-hydrogen) atoms. The van der Waals surface area contributed by atoms with Crippen LogP contribution in [0.2, 0.25) is 0 Å². The van der Waals surface area contributed by atoms with Gasteiger partial charge in [0.1, 0.15) is 18.1 Å². The second kappa shape index (κ2) is 9.13. The summed E-state index contributed by atoms with van der Waals surface area (Å²) in [5.41, 5.74) is 3.96. The summed E-state index contributed by atoms with van der Waals surface area (Å²) in [6, 6.07) is 17.1. The van der Waals surface area contributed by atoms with E-state index in [1.165, 1.54) is 5.56 Å². The third-order valence-corrected chi connectivity index (χ3v) is 5.27. The first-order chi connectivity index (χ1) is 14.6. The quantitative estimate of drug-likeness (QED) is 0.581. The number of fused-ring (bicyclic) bond motifs is 1. The molecule has 1 aliphatic heterocycles. The maximum absolute atomic E-state index is 14.6. The lowest BCUT2D eigenvalue weighted by Gasteiger charge is -2.28. The lowest BCUT2D eigenvalue weighted by atomic mass is 10.0. The zero-order chi connectivity index (χ0) is 20.9. The molecule has 156 valence electrons. The molecule has 2 aromatic carbocycles. The van der Waals surface area contributed by atoms with Gasteiger partial charge in [0.2, 0.25) is 0 Å². The van der Waals surface area contributed by atoms with Crippen molar-refractivity contribution in [2.45, 2.75) is 26.1 Å². The van der Waals surface area contributed by atoms with Gasteiger partial charge in [0.05, 0.1) is 19.9 Å². The molecule has 5 nitrogen and oxygen atoms in total. The van der Waals surface area contributed by atoms with Crippen LogP contribution in [0.4, 0.5) is 4.39 Å². The summed E-state index contributed by atoms with van der Waals surface area (Å²) in [5.74, 6) is 1.26. The summed E-state index contributed by atoms with van der Waals surface area (Å²) in [6.45, 7) is 2.61. The largest absolute Gasteiger partial charge is 0.497 e. The van der Waals surface area contributed by atoms with Crippen LogP contribution in [0.5, 0.6) is 17.4 Å². The summed E-state index contributed by atoms with van der Waals surface area (Å²) < 4.78 is 30.6. The van der Waals surface area contributed by atoms with Crippen LogP contribution >= 0.6 is 0 Å². The van der Waals surface area contributed by atoms with E-state index in [4.69, 9.17) is 14.2 Å². The van der Waals surface area contributed by atoms with Crippen molar-refractivity contribution in [2.75, 3.05) is 20.8 Å². The number of aromatic nitrogens is 1. The van der Waals surface area contributed by atoms with Crippen molar-refractivity contribution < 1.29 is 18.6 Å². The van der Waals surface area contributed by atoms with Crippen LogP contribution in [0.25, 0.3) is 0 Å². The minimum Gasteiger partial charge on any atom is -0.497 e. The van der Waals surface area contributed by atoms with Gasteiger partial charge in [-0.3, -0.25) is 4.90 Å². The van der Waals surface area contributed by atoms with E-state index in [9.17, 15) is 4.39 Å². The molecule has 0 unspecified atom stereocenters. The van der Waals surface area contributed by atoms with Crippen molar-refractivity contribution in [3.05, 3.63) is 82.8 Å². The van der Waals surface area contributed by atoms with Gasteiger partial charge < -0.3 is 14.2 Å². The summed E-state index contributed by atoms with van der Waals surface area (Å²) in [4.78, 5) is 6.76. The van der Waals surface area contributed by atoms with E-state index in [1.807, 2.05) is 36.4 Å². The van der Waals surface area contributed by atoms with Gasteiger partial charge in [0, 0.05) is 26.1 Å². The third-order valence-electron chi connectivity index (χ3n) is 5.27. The van der Waals surface area contributed by atoms with Crippen molar-refractivity contribution in [1.82, 2.24) is 9.88 Å². The van der Waals surface area contributed by atoms with Gasteiger partial charge in [-0.05, 0) is 47.0 Å². The van der Waals surface area contributed by atoms with Crippen LogP contribution in [-0.2, 0) is 26.1 Å². The molecule has 0 spiro atoms. The van der Waals surface area contributed by atoms with Gasteiger partial charge in [-0.1, -0.05) is 24.3 Å². The summed E-state index contributed by atoms with van der Waals surface area (Å²) >= 11 is 0. The molecular formula is C24H25FN2O3. The zero-order valence-electron chi connectivity index (χ0n) is 17.2.